The largest absolute Gasteiger partial charge is 0.493 e. The van der Waals surface area contributed by atoms with Gasteiger partial charge < -0.3 is 64.6 Å². The van der Waals surface area contributed by atoms with Crippen molar-refractivity contribution < 1.29 is 33.2 Å². The fourth-order valence-electron chi connectivity index (χ4n) is 10.6. The molecule has 1 fully saturated rings. The van der Waals surface area contributed by atoms with E-state index in [1.54, 1.807) is 0 Å². The number of allylic oxidation sites excluding steroid dienone is 3. The Morgan fingerprint density at radius 1 is 0.320 bits per heavy atom. The van der Waals surface area contributed by atoms with E-state index in [9.17, 15) is 0 Å². The molecular formula is C111H199N7O7. The summed E-state index contributed by atoms with van der Waals surface area (Å²) >= 11 is 0. The van der Waals surface area contributed by atoms with Crippen molar-refractivity contribution in [2.75, 3.05) is 98.5 Å². The molecule has 6 rings (SSSR count). The summed E-state index contributed by atoms with van der Waals surface area (Å²) < 4.78 is 41.0. The molecule has 0 amide bonds. The molecule has 14 heteroatoms. The van der Waals surface area contributed by atoms with E-state index in [0.717, 1.165) is 79.4 Å². The van der Waals surface area contributed by atoms with E-state index in [0.29, 0.717) is 44.0 Å². The van der Waals surface area contributed by atoms with Gasteiger partial charge in [0.15, 0.2) is 11.5 Å². The molecular weight excluding hydrogens is 1540 g/mol. The summed E-state index contributed by atoms with van der Waals surface area (Å²) in [6.45, 7) is 109. The maximum Gasteiger partial charge on any atom is 0.161 e. The van der Waals surface area contributed by atoms with Crippen molar-refractivity contribution in [1.82, 2.24) is 36.4 Å². The number of piperazine rings is 1. The molecule has 720 valence electrons. The molecule has 5 aromatic carbocycles. The van der Waals surface area contributed by atoms with Crippen molar-refractivity contribution in [2.24, 2.45) is 32.5 Å². The molecule has 0 aromatic heterocycles. The highest BCUT2D eigenvalue weighted by atomic mass is 16.5. The first-order valence-corrected chi connectivity index (χ1v) is 47.5. The zero-order valence-electron chi connectivity index (χ0n) is 89.4. The van der Waals surface area contributed by atoms with E-state index in [2.05, 4.69) is 372 Å². The average Bonchev–Trinajstić information content (AvgIpc) is 0.862. The Hall–Kier alpha value is -6.36. The first-order valence-electron chi connectivity index (χ1n) is 47.5. The Morgan fingerprint density at radius 2 is 0.632 bits per heavy atom. The molecule has 1 aliphatic heterocycles. The maximum atomic E-state index is 5.99. The third-order valence-corrected chi connectivity index (χ3v) is 17.2. The zero-order chi connectivity index (χ0) is 97.0. The lowest BCUT2D eigenvalue weighted by Gasteiger charge is -2.42. The summed E-state index contributed by atoms with van der Waals surface area (Å²) in [6.07, 6.45) is 15.7. The smallest absolute Gasteiger partial charge is 0.161 e. The zero-order valence-corrected chi connectivity index (χ0v) is 89.4. The molecule has 5 N–H and O–H groups in total. The molecule has 0 spiro atoms. The van der Waals surface area contributed by atoms with Gasteiger partial charge in [-0.1, -0.05) is 257 Å². The minimum absolute atomic E-state index is 0.120. The van der Waals surface area contributed by atoms with Crippen molar-refractivity contribution in [3.05, 3.63) is 156 Å². The van der Waals surface area contributed by atoms with Crippen LogP contribution in [0.1, 0.15) is 334 Å². The van der Waals surface area contributed by atoms with Crippen LogP contribution in [-0.4, -0.2) is 154 Å². The Labute approximate surface area is 773 Å². The predicted octanol–water partition coefficient (Wildman–Crippen LogP) is 28.4. The Balaban J connectivity index is -0.00000141. The van der Waals surface area contributed by atoms with Gasteiger partial charge in [0.1, 0.15) is 54.2 Å². The highest BCUT2D eigenvalue weighted by Gasteiger charge is 2.27. The fourth-order valence-corrected chi connectivity index (χ4v) is 10.6. The lowest BCUT2D eigenvalue weighted by Crippen LogP contribution is -2.53. The van der Waals surface area contributed by atoms with Crippen LogP contribution in [0.5, 0.6) is 40.2 Å². The van der Waals surface area contributed by atoms with Gasteiger partial charge in [-0.3, -0.25) is 4.90 Å². The van der Waals surface area contributed by atoms with Crippen molar-refractivity contribution in [1.29, 1.82) is 0 Å². The van der Waals surface area contributed by atoms with Crippen molar-refractivity contribution in [3.63, 3.8) is 0 Å². The second kappa shape index (κ2) is 60.5. The topological polar surface area (TPSA) is 131 Å². The summed E-state index contributed by atoms with van der Waals surface area (Å²) in [7, 11) is 0. The predicted molar refractivity (Wildman–Crippen MR) is 554 cm³/mol. The third-order valence-electron chi connectivity index (χ3n) is 17.2. The molecule has 0 radical (unpaired) electrons. The summed E-state index contributed by atoms with van der Waals surface area (Å²) in [4.78, 5) is 5.22. The minimum atomic E-state index is 0.120. The second-order valence-corrected chi connectivity index (χ2v) is 45.3. The number of hydrogen-bond donors (Lipinski definition) is 5. The quantitative estimate of drug-likeness (QED) is 0.0280. The molecule has 1 saturated heterocycles. The second-order valence-electron chi connectivity index (χ2n) is 45.3. The lowest BCUT2D eigenvalue weighted by molar-refractivity contribution is 0.0577. The molecule has 125 heavy (non-hydrogen) atoms. The highest BCUT2D eigenvalue weighted by molar-refractivity contribution is 5.54. The van der Waals surface area contributed by atoms with E-state index < -0.39 is 0 Å². The standard InChI is InChI=1S/2C19H31NO.C18H31NO2.C18H29NO.C17H29NO2.C14H30N2.3C2H6/c2*1-15(14-20-19(5,6)7)21-17-10-8-9-16(13-17)11-12-18(2,3)4;1-17(2,3)14-21-16-11-8-7-10-15(16)20-13-9-12-19-18(4,5)6;1-17(2,3)11-10-15-8-7-9-16(14-15)20-13-12-19-18(4,5)6;1-16(2,3)13-20-15-9-7-8-14(12-15)19-11-10-18-17(4,5)6;1-13(2,3)7-8-15-9-11-16(12-10-15)14(4,5)6;3*1-2/h2*8-13,15,20H,14H2,1-7H3;7-8,10-11,19H,9,12-14H2,1-6H3;7-11,14,19H,12-13H2,1-6H3;7-9,12,18H,10-11,13H2,1-6H3;7-12H2,1-6H3;3*1-2H3/b2*12-11+;;11-10+;;;;;/t2*15-;;;;;;;/m10......./s1. The monoisotopic (exact) mass is 1740 g/mol. The number of hydrogen-bond acceptors (Lipinski definition) is 14. The van der Waals surface area contributed by atoms with Crippen molar-refractivity contribution >= 4 is 18.2 Å². The van der Waals surface area contributed by atoms with Crippen LogP contribution in [0, 0.1) is 32.5 Å². The summed E-state index contributed by atoms with van der Waals surface area (Å²) in [5.41, 5.74) is 5.92. The van der Waals surface area contributed by atoms with E-state index in [1.165, 1.54) is 55.8 Å². The van der Waals surface area contributed by atoms with Gasteiger partial charge in [0.2, 0.25) is 0 Å². The molecule has 2 atom stereocenters. The van der Waals surface area contributed by atoms with Crippen LogP contribution >= 0.6 is 0 Å². The molecule has 14 nitrogen and oxygen atoms in total. The van der Waals surface area contributed by atoms with Crippen LogP contribution in [0.4, 0.5) is 0 Å². The first-order chi connectivity index (χ1) is 57.3. The van der Waals surface area contributed by atoms with Gasteiger partial charge in [-0.25, -0.2) is 0 Å². The molecule has 0 bridgehead atoms. The lowest BCUT2D eigenvalue weighted by atomic mass is 9.92. The molecule has 1 aliphatic rings. The summed E-state index contributed by atoms with van der Waals surface area (Å²) in [5, 5.41) is 17.2. The number of nitrogens with one attached hydrogen (secondary N) is 5. The van der Waals surface area contributed by atoms with Gasteiger partial charge in [0.05, 0.1) is 19.8 Å². The van der Waals surface area contributed by atoms with Crippen LogP contribution in [0.3, 0.4) is 0 Å². The Kier molecular flexibility index (Phi) is 59.4. The molecule has 0 unspecified atom stereocenters. The van der Waals surface area contributed by atoms with Crippen LogP contribution in [0.15, 0.2) is 140 Å². The minimum Gasteiger partial charge on any atom is -0.493 e. The van der Waals surface area contributed by atoms with E-state index in [4.69, 9.17) is 33.2 Å². The van der Waals surface area contributed by atoms with Gasteiger partial charge in [-0.05, 0) is 274 Å². The van der Waals surface area contributed by atoms with E-state index in [1.807, 2.05) is 126 Å². The molecule has 0 saturated carbocycles. The number of benzene rings is 5. The van der Waals surface area contributed by atoms with Crippen molar-refractivity contribution in [2.45, 2.75) is 363 Å². The van der Waals surface area contributed by atoms with Crippen LogP contribution in [0.2, 0.25) is 0 Å². The first kappa shape index (κ1) is 123. The SMILES string of the molecule is CC.CC.CC.CC(C)(C)/C=C/c1cccc(OCCNC(C)(C)C)c1.CC(C)(C)CCN1CCN(C(C)(C)C)CC1.CC(C)(C)COc1cccc(OCCNC(C)(C)C)c1.CC(C)(C)COc1ccccc1OCCCNC(C)(C)C.C[C@@H](CNC(C)(C)C)Oc1cccc(/C=C/C(C)(C)C)c1.C[C@H](CNC(C)(C)C)Oc1cccc(/C=C/C(C)(C)C)c1. The Morgan fingerprint density at radius 3 is 0.968 bits per heavy atom. The van der Waals surface area contributed by atoms with Gasteiger partial charge in [-0.2, -0.15) is 0 Å². The summed E-state index contributed by atoms with van der Waals surface area (Å²) in [5.74, 6) is 6.15. The van der Waals surface area contributed by atoms with Crippen LogP contribution in [-0.2, 0) is 0 Å². The number of ether oxygens (including phenoxy) is 7. The Bertz CT molecular complexity index is 3510. The number of para-hydroxylation sites is 2. The number of rotatable bonds is 30. The highest BCUT2D eigenvalue weighted by Crippen LogP contribution is 2.31. The average molecular weight is 1740 g/mol. The normalized spacial score (nSPS) is 13.8. The summed E-state index contributed by atoms with van der Waals surface area (Å²) in [6, 6.07) is 40.5. The van der Waals surface area contributed by atoms with Gasteiger partial charge >= 0.3 is 0 Å². The number of nitrogens with zero attached hydrogens (tertiary/aromatic N) is 2. The van der Waals surface area contributed by atoms with E-state index in [-0.39, 0.29) is 67.0 Å². The van der Waals surface area contributed by atoms with Gasteiger partial charge in [0.25, 0.3) is 0 Å². The van der Waals surface area contributed by atoms with Crippen LogP contribution < -0.4 is 59.7 Å². The molecule has 1 heterocycles. The van der Waals surface area contributed by atoms with Gasteiger partial charge in [-0.15, -0.1) is 0 Å². The van der Waals surface area contributed by atoms with Gasteiger partial charge in [0, 0.05) is 91.7 Å². The molecule has 5 aromatic rings. The fraction of sp³-hybridized carbons (Fsp3) is 0.676. The third kappa shape index (κ3) is 78.4. The van der Waals surface area contributed by atoms with Crippen LogP contribution in [0.25, 0.3) is 18.2 Å². The molecule has 0 aliphatic carbocycles. The van der Waals surface area contributed by atoms with Crippen molar-refractivity contribution in [3.8, 4) is 40.2 Å². The maximum absolute atomic E-state index is 5.99. The van der Waals surface area contributed by atoms with E-state index >= 15 is 0 Å².